The van der Waals surface area contributed by atoms with Crippen LogP contribution in [0, 0.1) is 12.7 Å². The Bertz CT molecular complexity index is 701. The van der Waals surface area contributed by atoms with Crippen molar-refractivity contribution in [1.82, 2.24) is 0 Å². The molecule has 2 heterocycles. The lowest BCUT2D eigenvalue weighted by Crippen LogP contribution is -2.49. The summed E-state index contributed by atoms with van der Waals surface area (Å²) in [6.45, 7) is 4.66. The lowest BCUT2D eigenvalue weighted by Gasteiger charge is -2.33. The van der Waals surface area contributed by atoms with E-state index in [2.05, 4.69) is 0 Å². The second-order valence-corrected chi connectivity index (χ2v) is 5.80. The molecule has 0 unspecified atom stereocenters. The molecule has 1 aromatic carbocycles. The van der Waals surface area contributed by atoms with Gasteiger partial charge >= 0.3 is 0 Å². The third-order valence-electron chi connectivity index (χ3n) is 4.04. The van der Waals surface area contributed by atoms with Crippen LogP contribution >= 0.6 is 0 Å². The van der Waals surface area contributed by atoms with E-state index in [1.807, 2.05) is 6.92 Å². The zero-order valence-electron chi connectivity index (χ0n) is 13.7. The number of rotatable bonds is 4. The topological polar surface area (TPSA) is 51.9 Å². The molecule has 128 valence electrons. The van der Waals surface area contributed by atoms with Crippen LogP contribution in [0.4, 0.5) is 10.1 Å². The van der Waals surface area contributed by atoms with Crippen molar-refractivity contribution in [1.29, 1.82) is 0 Å². The molecule has 2 aromatic rings. The van der Waals surface area contributed by atoms with Crippen molar-refractivity contribution >= 4 is 11.6 Å². The summed E-state index contributed by atoms with van der Waals surface area (Å²) >= 11 is 0. The first-order valence-electron chi connectivity index (χ1n) is 7.89. The number of aryl methyl sites for hydroxylation is 1. The van der Waals surface area contributed by atoms with Crippen LogP contribution in [-0.4, -0.2) is 31.3 Å². The van der Waals surface area contributed by atoms with Gasteiger partial charge in [0.2, 0.25) is 0 Å². The highest BCUT2D eigenvalue weighted by molar-refractivity contribution is 5.97. The number of benzene rings is 1. The average molecular weight is 333 g/mol. The fraction of sp³-hybridized carbons (Fsp3) is 0.389. The van der Waals surface area contributed by atoms with Crippen molar-refractivity contribution in [3.05, 3.63) is 53.7 Å². The summed E-state index contributed by atoms with van der Waals surface area (Å²) in [5.74, 6) is 0.0667. The number of furan rings is 1. The number of amides is 1. The summed E-state index contributed by atoms with van der Waals surface area (Å²) in [5, 5.41) is 0. The molecule has 6 heteroatoms. The molecule has 0 bridgehead atoms. The largest absolute Gasteiger partial charge is 0.467 e. The van der Waals surface area contributed by atoms with E-state index in [4.69, 9.17) is 13.9 Å². The Morgan fingerprint density at radius 3 is 2.75 bits per heavy atom. The van der Waals surface area contributed by atoms with Crippen molar-refractivity contribution in [3.8, 4) is 0 Å². The number of halogens is 1. The monoisotopic (exact) mass is 333 g/mol. The van der Waals surface area contributed by atoms with Crippen molar-refractivity contribution in [2.75, 3.05) is 18.1 Å². The fourth-order valence-electron chi connectivity index (χ4n) is 2.82. The maximum Gasteiger partial charge on any atom is 0.259 e. The van der Waals surface area contributed by atoms with Crippen molar-refractivity contribution in [2.45, 2.75) is 32.6 Å². The quantitative estimate of drug-likeness (QED) is 0.863. The first-order valence-corrected chi connectivity index (χ1v) is 7.89. The van der Waals surface area contributed by atoms with Crippen molar-refractivity contribution < 1.29 is 23.1 Å². The molecule has 1 aromatic heterocycles. The molecule has 0 saturated carbocycles. The fourth-order valence-corrected chi connectivity index (χ4v) is 2.82. The predicted molar refractivity (Wildman–Crippen MR) is 86.2 cm³/mol. The number of carbonyl (C=O) groups is 1. The van der Waals surface area contributed by atoms with E-state index in [0.717, 1.165) is 0 Å². The van der Waals surface area contributed by atoms with Crippen LogP contribution in [0.3, 0.4) is 0 Å². The second-order valence-electron chi connectivity index (χ2n) is 5.80. The molecule has 1 aliphatic rings. The van der Waals surface area contributed by atoms with E-state index in [0.29, 0.717) is 30.2 Å². The third-order valence-corrected chi connectivity index (χ3v) is 4.04. The lowest BCUT2D eigenvalue weighted by molar-refractivity contribution is -0.159. The van der Waals surface area contributed by atoms with E-state index in [1.165, 1.54) is 12.1 Å². The number of hydrogen-bond donors (Lipinski definition) is 0. The van der Waals surface area contributed by atoms with Crippen LogP contribution in [0.25, 0.3) is 0 Å². The molecule has 1 aliphatic heterocycles. The van der Waals surface area contributed by atoms with E-state index >= 15 is 0 Å². The lowest BCUT2D eigenvalue weighted by atomic mass is 10.1. The summed E-state index contributed by atoms with van der Waals surface area (Å²) in [7, 11) is 0. The molecular weight excluding hydrogens is 313 g/mol. The Hall–Kier alpha value is -2.18. The van der Waals surface area contributed by atoms with Gasteiger partial charge in [-0.05, 0) is 49.7 Å². The van der Waals surface area contributed by atoms with Crippen LogP contribution in [0.1, 0.15) is 18.2 Å². The molecule has 5 nitrogen and oxygen atoms in total. The van der Waals surface area contributed by atoms with Gasteiger partial charge in [0.05, 0.1) is 32.1 Å². The smallest absolute Gasteiger partial charge is 0.259 e. The Morgan fingerprint density at radius 2 is 2.08 bits per heavy atom. The summed E-state index contributed by atoms with van der Waals surface area (Å²) in [6.07, 6.45) is 0.516. The van der Waals surface area contributed by atoms with E-state index in [-0.39, 0.29) is 24.4 Å². The van der Waals surface area contributed by atoms with E-state index in [1.54, 1.807) is 36.3 Å². The van der Waals surface area contributed by atoms with E-state index < -0.39 is 6.10 Å². The summed E-state index contributed by atoms with van der Waals surface area (Å²) in [5.41, 5.74) is 1.29. The molecular formula is C18H20FNO4. The molecule has 2 atom stereocenters. The first-order chi connectivity index (χ1) is 11.6. The summed E-state index contributed by atoms with van der Waals surface area (Å²) < 4.78 is 30.0. The minimum atomic E-state index is -0.696. The number of carbonyl (C=O) groups excluding carboxylic acids is 1. The predicted octanol–water partition coefficient (Wildman–Crippen LogP) is 3.06. The van der Waals surface area contributed by atoms with Gasteiger partial charge in [0, 0.05) is 5.69 Å². The highest BCUT2D eigenvalue weighted by atomic mass is 19.1. The molecule has 0 aliphatic carbocycles. The molecule has 0 spiro atoms. The Morgan fingerprint density at radius 1 is 1.29 bits per heavy atom. The first kappa shape index (κ1) is 16.7. The van der Waals surface area contributed by atoms with Crippen molar-refractivity contribution in [3.63, 3.8) is 0 Å². The number of ether oxygens (including phenoxy) is 2. The van der Waals surface area contributed by atoms with Crippen LogP contribution in [0.2, 0.25) is 0 Å². The third kappa shape index (κ3) is 3.49. The molecule has 1 fully saturated rings. The Balaban J connectivity index is 1.93. The Kier molecular flexibility index (Phi) is 4.97. The number of anilines is 1. The summed E-state index contributed by atoms with van der Waals surface area (Å²) in [4.78, 5) is 14.6. The number of nitrogens with zero attached hydrogens (tertiary/aromatic N) is 1. The molecule has 0 radical (unpaired) electrons. The van der Waals surface area contributed by atoms with Gasteiger partial charge in [-0.1, -0.05) is 0 Å². The zero-order chi connectivity index (χ0) is 17.1. The average Bonchev–Trinajstić information content (AvgIpc) is 3.06. The van der Waals surface area contributed by atoms with Crippen molar-refractivity contribution in [2.24, 2.45) is 0 Å². The van der Waals surface area contributed by atoms with Gasteiger partial charge in [-0.15, -0.1) is 0 Å². The van der Waals surface area contributed by atoms with Crippen LogP contribution < -0.4 is 4.90 Å². The van der Waals surface area contributed by atoms with Crippen LogP contribution in [0.5, 0.6) is 0 Å². The SMILES string of the molecule is Cc1cc(F)ccc1N(Cc1ccco1)C(=O)[C@H]1OCCO[C@H]1C. The van der Waals surface area contributed by atoms with Crippen LogP contribution in [0.15, 0.2) is 41.0 Å². The molecule has 1 saturated heterocycles. The molecule has 24 heavy (non-hydrogen) atoms. The van der Waals surface area contributed by atoms with Gasteiger partial charge in [0.25, 0.3) is 5.91 Å². The second kappa shape index (κ2) is 7.15. The molecule has 3 rings (SSSR count). The number of hydrogen-bond acceptors (Lipinski definition) is 4. The standard InChI is InChI=1S/C18H20FNO4/c1-12-10-14(19)5-6-16(12)20(11-15-4-3-7-23-15)18(21)17-13(2)22-8-9-24-17/h3-7,10,13,17H,8-9,11H2,1-2H3/t13-,17-/m0/s1. The van der Waals surface area contributed by atoms with E-state index in [9.17, 15) is 9.18 Å². The van der Waals surface area contributed by atoms with Gasteiger partial charge in [-0.2, -0.15) is 0 Å². The molecule has 1 amide bonds. The minimum absolute atomic E-state index is 0.228. The van der Waals surface area contributed by atoms with Gasteiger partial charge < -0.3 is 18.8 Å². The summed E-state index contributed by atoms with van der Waals surface area (Å²) in [6, 6.07) is 7.89. The molecule has 0 N–H and O–H groups in total. The Labute approximate surface area is 140 Å². The highest BCUT2D eigenvalue weighted by Gasteiger charge is 2.34. The maximum absolute atomic E-state index is 13.4. The normalized spacial score (nSPS) is 20.8. The maximum atomic E-state index is 13.4. The van der Waals surface area contributed by atoms with Gasteiger partial charge in [0.15, 0.2) is 6.10 Å². The van der Waals surface area contributed by atoms with Gasteiger partial charge in [0.1, 0.15) is 11.6 Å². The minimum Gasteiger partial charge on any atom is -0.467 e. The van der Waals surface area contributed by atoms with Crippen LogP contribution in [-0.2, 0) is 20.8 Å². The van der Waals surface area contributed by atoms with Gasteiger partial charge in [-0.3, -0.25) is 4.79 Å². The zero-order valence-corrected chi connectivity index (χ0v) is 13.7. The highest BCUT2D eigenvalue weighted by Crippen LogP contribution is 2.26. The van der Waals surface area contributed by atoms with Gasteiger partial charge in [-0.25, -0.2) is 4.39 Å².